The van der Waals surface area contributed by atoms with Gasteiger partial charge in [0.15, 0.2) is 0 Å². The smallest absolute Gasteiger partial charge is 0.144 e. The van der Waals surface area contributed by atoms with Crippen LogP contribution in [0.25, 0.3) is 5.52 Å². The summed E-state index contributed by atoms with van der Waals surface area (Å²) in [5, 5.41) is 0. The van der Waals surface area contributed by atoms with Crippen molar-refractivity contribution in [1.82, 2.24) is 9.38 Å². The number of pyridine rings is 1. The lowest BCUT2D eigenvalue weighted by Crippen LogP contribution is -2.02. The quantitative estimate of drug-likeness (QED) is 0.775. The zero-order chi connectivity index (χ0) is 11.0. The molecule has 3 rings (SSSR count). The SMILES string of the molecule is COc1cccn2c(C3CCCO3)ncc12. The fourth-order valence-corrected chi connectivity index (χ4v) is 2.21. The molecule has 1 atom stereocenters. The Labute approximate surface area is 93.8 Å². The maximum absolute atomic E-state index is 5.65. The normalized spacial score (nSPS) is 20.4. The van der Waals surface area contributed by atoms with Crippen molar-refractivity contribution in [3.05, 3.63) is 30.4 Å². The Kier molecular flexibility index (Phi) is 2.29. The lowest BCUT2D eigenvalue weighted by atomic mass is 10.2. The van der Waals surface area contributed by atoms with Crippen LogP contribution in [0.2, 0.25) is 0 Å². The van der Waals surface area contributed by atoms with Gasteiger partial charge in [-0.1, -0.05) is 0 Å². The Morgan fingerprint density at radius 1 is 1.56 bits per heavy atom. The summed E-state index contributed by atoms with van der Waals surface area (Å²) in [5.74, 6) is 1.82. The number of imidazole rings is 1. The Bertz CT molecular complexity index is 501. The second kappa shape index (κ2) is 3.79. The molecule has 0 radical (unpaired) electrons. The fraction of sp³-hybridized carbons (Fsp3) is 0.417. The van der Waals surface area contributed by atoms with Gasteiger partial charge >= 0.3 is 0 Å². The summed E-state index contributed by atoms with van der Waals surface area (Å²) < 4.78 is 13.0. The number of hydrogen-bond donors (Lipinski definition) is 0. The molecule has 1 unspecified atom stereocenters. The first-order valence-corrected chi connectivity index (χ1v) is 5.51. The molecular formula is C12H14N2O2. The molecule has 84 valence electrons. The van der Waals surface area contributed by atoms with Gasteiger partial charge in [-0.2, -0.15) is 0 Å². The van der Waals surface area contributed by atoms with Crippen LogP contribution in [0.3, 0.4) is 0 Å². The predicted molar refractivity (Wildman–Crippen MR) is 59.7 cm³/mol. The van der Waals surface area contributed by atoms with Crippen molar-refractivity contribution in [2.24, 2.45) is 0 Å². The van der Waals surface area contributed by atoms with Gasteiger partial charge in [-0.05, 0) is 25.0 Å². The number of ether oxygens (including phenoxy) is 2. The van der Waals surface area contributed by atoms with E-state index in [1.54, 1.807) is 7.11 Å². The maximum Gasteiger partial charge on any atom is 0.144 e. The minimum absolute atomic E-state index is 0.134. The molecule has 0 bridgehead atoms. The van der Waals surface area contributed by atoms with Crippen molar-refractivity contribution < 1.29 is 9.47 Å². The summed E-state index contributed by atoms with van der Waals surface area (Å²) in [5.41, 5.74) is 0.996. The topological polar surface area (TPSA) is 35.8 Å². The molecule has 0 spiro atoms. The number of nitrogens with zero attached hydrogens (tertiary/aromatic N) is 2. The maximum atomic E-state index is 5.65. The molecule has 16 heavy (non-hydrogen) atoms. The van der Waals surface area contributed by atoms with E-state index in [0.717, 1.165) is 36.5 Å². The molecule has 2 aromatic rings. The van der Waals surface area contributed by atoms with E-state index in [9.17, 15) is 0 Å². The molecule has 4 nitrogen and oxygen atoms in total. The molecule has 1 aliphatic heterocycles. The first-order chi connectivity index (χ1) is 7.90. The minimum Gasteiger partial charge on any atom is -0.494 e. The van der Waals surface area contributed by atoms with Crippen LogP contribution in [-0.2, 0) is 4.74 Å². The number of rotatable bonds is 2. The Balaban J connectivity index is 2.12. The summed E-state index contributed by atoms with van der Waals surface area (Å²) in [6, 6.07) is 3.91. The zero-order valence-electron chi connectivity index (χ0n) is 9.22. The van der Waals surface area contributed by atoms with Crippen molar-refractivity contribution in [2.75, 3.05) is 13.7 Å². The highest BCUT2D eigenvalue weighted by Gasteiger charge is 2.22. The average Bonchev–Trinajstić information content (AvgIpc) is 2.96. The number of fused-ring (bicyclic) bond motifs is 1. The molecule has 0 amide bonds. The Morgan fingerprint density at radius 3 is 3.25 bits per heavy atom. The summed E-state index contributed by atoms with van der Waals surface area (Å²) in [4.78, 5) is 4.44. The molecule has 2 aromatic heterocycles. The summed E-state index contributed by atoms with van der Waals surface area (Å²) in [7, 11) is 1.67. The fourth-order valence-electron chi connectivity index (χ4n) is 2.21. The third-order valence-corrected chi connectivity index (χ3v) is 3.00. The summed E-state index contributed by atoms with van der Waals surface area (Å²) >= 11 is 0. The molecule has 1 aliphatic rings. The van der Waals surface area contributed by atoms with Gasteiger partial charge in [-0.3, -0.25) is 4.40 Å². The summed E-state index contributed by atoms with van der Waals surface area (Å²) in [6.45, 7) is 0.837. The van der Waals surface area contributed by atoms with E-state index in [2.05, 4.69) is 9.38 Å². The lowest BCUT2D eigenvalue weighted by Gasteiger charge is -2.09. The monoisotopic (exact) mass is 218 g/mol. The number of aromatic nitrogens is 2. The van der Waals surface area contributed by atoms with Gasteiger partial charge < -0.3 is 9.47 Å². The highest BCUT2D eigenvalue weighted by molar-refractivity contribution is 5.59. The van der Waals surface area contributed by atoms with Gasteiger partial charge in [0.2, 0.25) is 0 Å². The second-order valence-corrected chi connectivity index (χ2v) is 3.95. The van der Waals surface area contributed by atoms with Crippen LogP contribution in [0.4, 0.5) is 0 Å². The van der Waals surface area contributed by atoms with E-state index in [4.69, 9.17) is 9.47 Å². The zero-order valence-corrected chi connectivity index (χ0v) is 9.22. The van der Waals surface area contributed by atoms with Gasteiger partial charge in [0.1, 0.15) is 23.2 Å². The van der Waals surface area contributed by atoms with Crippen molar-refractivity contribution in [3.8, 4) is 5.75 Å². The third-order valence-electron chi connectivity index (χ3n) is 3.00. The molecule has 1 saturated heterocycles. The highest BCUT2D eigenvalue weighted by atomic mass is 16.5. The first kappa shape index (κ1) is 9.66. The first-order valence-electron chi connectivity index (χ1n) is 5.51. The van der Waals surface area contributed by atoms with Crippen molar-refractivity contribution in [1.29, 1.82) is 0 Å². The van der Waals surface area contributed by atoms with Crippen LogP contribution < -0.4 is 4.74 Å². The van der Waals surface area contributed by atoms with E-state index in [0.29, 0.717) is 0 Å². The highest BCUT2D eigenvalue weighted by Crippen LogP contribution is 2.30. The molecule has 1 fully saturated rings. The summed E-state index contributed by atoms with van der Waals surface area (Å²) in [6.07, 6.45) is 6.15. The van der Waals surface area contributed by atoms with E-state index in [1.165, 1.54) is 0 Å². The molecule has 0 saturated carbocycles. The van der Waals surface area contributed by atoms with Crippen LogP contribution in [0.15, 0.2) is 24.5 Å². The van der Waals surface area contributed by atoms with Crippen LogP contribution in [-0.4, -0.2) is 23.1 Å². The van der Waals surface area contributed by atoms with E-state index in [-0.39, 0.29) is 6.10 Å². The van der Waals surface area contributed by atoms with E-state index in [1.807, 2.05) is 24.5 Å². The Hall–Kier alpha value is -1.55. The van der Waals surface area contributed by atoms with Gasteiger partial charge in [-0.25, -0.2) is 4.98 Å². The van der Waals surface area contributed by atoms with E-state index >= 15 is 0 Å². The van der Waals surface area contributed by atoms with Gasteiger partial charge in [-0.15, -0.1) is 0 Å². The van der Waals surface area contributed by atoms with Crippen molar-refractivity contribution >= 4 is 5.52 Å². The molecule has 0 N–H and O–H groups in total. The number of methoxy groups -OCH3 is 1. The molecule has 0 aliphatic carbocycles. The average molecular weight is 218 g/mol. The van der Waals surface area contributed by atoms with Crippen molar-refractivity contribution in [3.63, 3.8) is 0 Å². The molecule has 0 aromatic carbocycles. The van der Waals surface area contributed by atoms with Crippen molar-refractivity contribution in [2.45, 2.75) is 18.9 Å². The Morgan fingerprint density at radius 2 is 2.50 bits per heavy atom. The van der Waals surface area contributed by atoms with Gasteiger partial charge in [0.05, 0.1) is 13.3 Å². The number of hydrogen-bond acceptors (Lipinski definition) is 3. The predicted octanol–water partition coefficient (Wildman–Crippen LogP) is 2.19. The van der Waals surface area contributed by atoms with Crippen LogP contribution in [0.5, 0.6) is 5.75 Å². The molecular weight excluding hydrogens is 204 g/mol. The van der Waals surface area contributed by atoms with Gasteiger partial charge in [0, 0.05) is 12.8 Å². The second-order valence-electron chi connectivity index (χ2n) is 3.95. The van der Waals surface area contributed by atoms with Crippen LogP contribution in [0.1, 0.15) is 24.8 Å². The lowest BCUT2D eigenvalue weighted by molar-refractivity contribution is 0.104. The van der Waals surface area contributed by atoms with E-state index < -0.39 is 0 Å². The molecule has 3 heterocycles. The van der Waals surface area contributed by atoms with Crippen LogP contribution in [0, 0.1) is 0 Å². The van der Waals surface area contributed by atoms with Crippen LogP contribution >= 0.6 is 0 Å². The largest absolute Gasteiger partial charge is 0.494 e. The third kappa shape index (κ3) is 1.38. The minimum atomic E-state index is 0.134. The standard InChI is InChI=1S/C12H14N2O2/c1-15-10-4-2-6-14-9(10)8-13-12(14)11-5-3-7-16-11/h2,4,6,8,11H,3,5,7H2,1H3. The molecule has 4 heteroatoms. The van der Waals surface area contributed by atoms with Gasteiger partial charge in [0.25, 0.3) is 0 Å².